The monoisotopic (exact) mass is 692 g/mol. The van der Waals surface area contributed by atoms with Crippen molar-refractivity contribution in [1.29, 1.82) is 0 Å². The van der Waals surface area contributed by atoms with Crippen LogP contribution in [0, 0.1) is 0 Å². The van der Waals surface area contributed by atoms with Gasteiger partial charge in [-0.2, -0.15) is 0 Å². The molecule has 0 bridgehead atoms. The number of rotatable bonds is 2. The molecule has 0 radical (unpaired) electrons. The Morgan fingerprint density at radius 3 is 1.82 bits per heavy atom. The van der Waals surface area contributed by atoms with Gasteiger partial charge >= 0.3 is 13.4 Å². The van der Waals surface area contributed by atoms with Crippen molar-refractivity contribution in [3.8, 4) is 0 Å². The first-order valence-electron chi connectivity index (χ1n) is 12.7. The first-order chi connectivity index (χ1) is 20.9. The molecule has 0 amide bonds. The van der Waals surface area contributed by atoms with Crippen LogP contribution in [0.25, 0.3) is 22.3 Å². The number of anilines is 2. The summed E-state index contributed by atoms with van der Waals surface area (Å²) in [5, 5.41) is 11.2. The highest BCUT2D eigenvalue weighted by Gasteiger charge is 2.53. The number of alkyl halides is 1. The van der Waals surface area contributed by atoms with Crippen molar-refractivity contribution < 1.29 is 46.9 Å². The average molecular weight is 693 g/mol. The molecule has 10 atom stereocenters. The van der Waals surface area contributed by atoms with Crippen LogP contribution in [-0.4, -0.2) is 104 Å². The van der Waals surface area contributed by atoms with E-state index in [0.29, 0.717) is 0 Å². The third-order valence-corrected chi connectivity index (χ3v) is 10.3. The van der Waals surface area contributed by atoms with Crippen LogP contribution >= 0.6 is 13.4 Å². The predicted molar refractivity (Wildman–Crippen MR) is 153 cm³/mol. The van der Waals surface area contributed by atoms with Crippen molar-refractivity contribution in [2.24, 2.45) is 0 Å². The molecule has 4 aromatic rings. The Bertz CT molecular complexity index is 1710. The van der Waals surface area contributed by atoms with E-state index in [1.807, 2.05) is 0 Å². The molecule has 2 unspecified atom stereocenters. The minimum atomic E-state index is -4.20. The van der Waals surface area contributed by atoms with E-state index in [4.69, 9.17) is 62.6 Å². The van der Waals surface area contributed by atoms with Crippen LogP contribution in [0.15, 0.2) is 25.3 Å². The Kier molecular flexibility index (Phi) is 7.64. The summed E-state index contributed by atoms with van der Waals surface area (Å²) in [7, 11) is 0. The summed E-state index contributed by atoms with van der Waals surface area (Å²) in [6, 6.07) is 0. The zero-order chi connectivity index (χ0) is 31.0. The maximum atomic E-state index is 16.0. The lowest BCUT2D eigenvalue weighted by atomic mass is 10.1. The van der Waals surface area contributed by atoms with Crippen molar-refractivity contribution in [3.05, 3.63) is 25.3 Å². The SMILES string of the molecule is Nc1ncnc2c1ncn2[C@@H]1O[C@@H]2COP(O)(=S)O[C@H]3[C@@H](F)[C@H](n4cnc5c(N)ncnc54)O[C@@H]3COP(O)(=S)O[C@H]2[C@H]1O. The highest BCUT2D eigenvalue weighted by atomic mass is 32.5. The van der Waals surface area contributed by atoms with Gasteiger partial charge in [0.15, 0.2) is 41.6 Å². The molecule has 24 heteroatoms. The number of imidazole rings is 2. The fourth-order valence-electron chi connectivity index (χ4n) is 5.21. The fourth-order valence-corrected chi connectivity index (χ4v) is 8.09. The Morgan fingerprint density at radius 1 is 0.773 bits per heavy atom. The van der Waals surface area contributed by atoms with Crippen molar-refractivity contribution in [1.82, 2.24) is 39.0 Å². The number of halogens is 1. The Hall–Kier alpha value is -2.43. The average Bonchev–Trinajstić information content (AvgIpc) is 3.73. The zero-order valence-electron chi connectivity index (χ0n) is 22.0. The van der Waals surface area contributed by atoms with Crippen LogP contribution in [0.5, 0.6) is 0 Å². The molecular weight excluding hydrogens is 669 g/mol. The fraction of sp³-hybridized carbons (Fsp3) is 0.500. The zero-order valence-corrected chi connectivity index (χ0v) is 25.4. The quantitative estimate of drug-likeness (QED) is 0.167. The number of fused-ring (bicyclic) bond motifs is 4. The van der Waals surface area contributed by atoms with Gasteiger partial charge in [0.1, 0.15) is 54.2 Å². The standard InChI is InChI=1S/C20H23FN10O9P2S2/c21-9-13-7(37-19(9)30-5-28-10-15(22)24-3-26-17(10)30)1-35-42(34,44)40-14-8(2-36-41(33,43)39-13)38-20(12(14)32)31-6-29-11-16(23)25-4-27-18(11)31/h3-9,12-14,19-20,32H,1-2H2,(H,33,43)(H,34,44)(H2,22,24,26)(H2,23,25,27)/t7-,8-,9-,12-,13-,14-,19-,20-,41?,42?/m1/s1. The third kappa shape index (κ3) is 5.28. The van der Waals surface area contributed by atoms with E-state index in [9.17, 15) is 14.9 Å². The predicted octanol–water partition coefficient (Wildman–Crippen LogP) is -0.425. The molecule has 3 aliphatic heterocycles. The van der Waals surface area contributed by atoms with Crippen LogP contribution in [0.4, 0.5) is 16.0 Å². The number of nitrogens with two attached hydrogens (primary N) is 2. The minimum Gasteiger partial charge on any atom is -0.386 e. The van der Waals surface area contributed by atoms with E-state index in [0.717, 1.165) is 0 Å². The van der Waals surface area contributed by atoms with Crippen molar-refractivity contribution in [2.75, 3.05) is 24.7 Å². The summed E-state index contributed by atoms with van der Waals surface area (Å²) in [6.45, 7) is -9.44. The van der Waals surface area contributed by atoms with Crippen LogP contribution in [0.3, 0.4) is 0 Å². The van der Waals surface area contributed by atoms with Crippen LogP contribution in [0.1, 0.15) is 12.5 Å². The van der Waals surface area contributed by atoms with E-state index in [2.05, 4.69) is 29.9 Å². The van der Waals surface area contributed by atoms with E-state index in [-0.39, 0.29) is 34.0 Å². The van der Waals surface area contributed by atoms with Gasteiger partial charge in [0.05, 0.1) is 25.9 Å². The molecule has 0 aromatic carbocycles. The lowest BCUT2D eigenvalue weighted by Gasteiger charge is -2.30. The largest absolute Gasteiger partial charge is 0.386 e. The Morgan fingerprint density at radius 2 is 1.25 bits per heavy atom. The molecule has 3 fully saturated rings. The molecule has 236 valence electrons. The second-order valence-corrected chi connectivity index (χ2v) is 15.5. The lowest BCUT2D eigenvalue weighted by Crippen LogP contribution is -2.38. The molecule has 19 nitrogen and oxygen atoms in total. The molecule has 7 heterocycles. The third-order valence-electron chi connectivity index (χ3n) is 7.21. The van der Waals surface area contributed by atoms with Crippen molar-refractivity contribution >= 4 is 71.0 Å². The molecule has 3 aliphatic rings. The molecular formula is C20H23FN10O9P2S2. The first kappa shape index (κ1) is 30.2. The highest BCUT2D eigenvalue weighted by Crippen LogP contribution is 2.54. The number of hydrogen-bond donors (Lipinski definition) is 5. The molecule has 0 spiro atoms. The van der Waals surface area contributed by atoms with Gasteiger partial charge < -0.3 is 44.9 Å². The number of ether oxygens (including phenoxy) is 2. The van der Waals surface area contributed by atoms with Gasteiger partial charge in [0.2, 0.25) is 0 Å². The van der Waals surface area contributed by atoms with E-state index in [1.165, 1.54) is 34.4 Å². The van der Waals surface area contributed by atoms with Crippen LogP contribution in [-0.2, 0) is 51.2 Å². The Labute approximate surface area is 255 Å². The number of nitrogens with zero attached hydrogens (tertiary/aromatic N) is 8. The maximum Gasteiger partial charge on any atom is 0.325 e. The first-order valence-corrected chi connectivity index (χ1v) is 17.9. The van der Waals surface area contributed by atoms with Gasteiger partial charge in [0, 0.05) is 0 Å². The molecule has 7 rings (SSSR count). The van der Waals surface area contributed by atoms with Gasteiger partial charge in [-0.3, -0.25) is 18.2 Å². The number of hydrogen-bond acceptors (Lipinski definition) is 17. The highest BCUT2D eigenvalue weighted by molar-refractivity contribution is 8.07. The van der Waals surface area contributed by atoms with Gasteiger partial charge in [-0.05, 0) is 23.6 Å². The topological polar surface area (TPSA) is 255 Å². The number of aliphatic hydroxyl groups excluding tert-OH is 1. The molecule has 0 saturated carbocycles. The molecule has 3 saturated heterocycles. The van der Waals surface area contributed by atoms with Crippen molar-refractivity contribution in [3.63, 3.8) is 0 Å². The lowest BCUT2D eigenvalue weighted by molar-refractivity contribution is -0.0589. The van der Waals surface area contributed by atoms with Crippen molar-refractivity contribution in [2.45, 2.75) is 49.1 Å². The van der Waals surface area contributed by atoms with E-state index >= 15 is 4.39 Å². The van der Waals surface area contributed by atoms with Gasteiger partial charge in [0.25, 0.3) is 0 Å². The summed E-state index contributed by atoms with van der Waals surface area (Å²) in [5.41, 5.74) is 12.6. The Balaban J connectivity index is 1.17. The van der Waals surface area contributed by atoms with Gasteiger partial charge in [-0.25, -0.2) is 34.3 Å². The number of aliphatic hydroxyl groups is 1. The van der Waals surface area contributed by atoms with E-state index < -0.39 is 75.8 Å². The summed E-state index contributed by atoms with van der Waals surface area (Å²) in [4.78, 5) is 46.2. The normalized spacial score (nSPS) is 38.3. The molecule has 0 aliphatic carbocycles. The van der Waals surface area contributed by atoms with Gasteiger partial charge in [-0.1, -0.05) is 0 Å². The van der Waals surface area contributed by atoms with Crippen LogP contribution < -0.4 is 11.5 Å². The summed E-state index contributed by atoms with van der Waals surface area (Å²) in [6.07, 6.45) is -6.44. The summed E-state index contributed by atoms with van der Waals surface area (Å²) >= 11 is 10.4. The second-order valence-electron chi connectivity index (χ2n) is 9.90. The molecule has 4 aromatic heterocycles. The summed E-state index contributed by atoms with van der Waals surface area (Å²) < 4.78 is 52.9. The minimum absolute atomic E-state index is 0.0708. The second kappa shape index (κ2) is 11.1. The summed E-state index contributed by atoms with van der Waals surface area (Å²) in [5.74, 6) is 0.172. The van der Waals surface area contributed by atoms with Gasteiger partial charge in [-0.15, -0.1) is 0 Å². The molecule has 7 N–H and O–H groups in total. The van der Waals surface area contributed by atoms with E-state index in [1.54, 1.807) is 0 Å². The number of aromatic nitrogens is 8. The van der Waals surface area contributed by atoms with Crippen LogP contribution in [0.2, 0.25) is 0 Å². The molecule has 44 heavy (non-hydrogen) atoms. The smallest absolute Gasteiger partial charge is 0.325 e. The maximum absolute atomic E-state index is 16.0. The number of nitrogen functional groups attached to an aromatic ring is 2.